The first-order valence-electron chi connectivity index (χ1n) is 9.04. The standard InChI is InChI=1S/C19H27N3O5/c1-22(14-15-5-3-2-4-6-15)18(26)20-10-7-16(23)21-19(13-17(24)25)8-11-27-12-9-19/h2-6H,7-14H2,1H3,(H,20,26)(H,21,23)(H,24,25). The minimum atomic E-state index is -0.951. The molecule has 1 fully saturated rings. The van der Waals surface area contributed by atoms with Gasteiger partial charge in [-0.05, 0) is 18.4 Å². The number of rotatable bonds is 8. The molecule has 0 unspecified atom stereocenters. The molecular formula is C19H27N3O5. The Balaban J connectivity index is 1.75. The summed E-state index contributed by atoms with van der Waals surface area (Å²) in [6.45, 7) is 1.51. The summed E-state index contributed by atoms with van der Waals surface area (Å²) < 4.78 is 5.27. The second-order valence-corrected chi connectivity index (χ2v) is 6.83. The van der Waals surface area contributed by atoms with Gasteiger partial charge in [-0.15, -0.1) is 0 Å². The number of carboxylic acid groups (broad SMARTS) is 1. The van der Waals surface area contributed by atoms with Gasteiger partial charge >= 0.3 is 12.0 Å². The highest BCUT2D eigenvalue weighted by Crippen LogP contribution is 2.24. The van der Waals surface area contributed by atoms with E-state index in [-0.39, 0.29) is 31.3 Å². The number of nitrogens with one attached hydrogen (secondary N) is 2. The third-order valence-corrected chi connectivity index (χ3v) is 4.58. The van der Waals surface area contributed by atoms with Gasteiger partial charge in [-0.1, -0.05) is 30.3 Å². The largest absolute Gasteiger partial charge is 0.481 e. The number of carbonyl (C=O) groups is 3. The zero-order valence-electron chi connectivity index (χ0n) is 15.6. The van der Waals surface area contributed by atoms with Gasteiger partial charge in [-0.3, -0.25) is 9.59 Å². The lowest BCUT2D eigenvalue weighted by Crippen LogP contribution is -2.53. The summed E-state index contributed by atoms with van der Waals surface area (Å²) >= 11 is 0. The highest BCUT2D eigenvalue weighted by Gasteiger charge is 2.36. The summed E-state index contributed by atoms with van der Waals surface area (Å²) in [5.74, 6) is -1.22. The number of carboxylic acids is 1. The number of nitrogens with zero attached hydrogens (tertiary/aromatic N) is 1. The normalized spacial score (nSPS) is 15.6. The van der Waals surface area contributed by atoms with Gasteiger partial charge in [0.2, 0.25) is 5.91 Å². The minimum Gasteiger partial charge on any atom is -0.481 e. The van der Waals surface area contributed by atoms with Gasteiger partial charge in [0.25, 0.3) is 0 Å². The molecule has 148 valence electrons. The number of benzene rings is 1. The molecule has 0 bridgehead atoms. The lowest BCUT2D eigenvalue weighted by molar-refractivity contribution is -0.140. The summed E-state index contributed by atoms with van der Waals surface area (Å²) in [7, 11) is 1.69. The van der Waals surface area contributed by atoms with Crippen molar-refractivity contribution in [3.63, 3.8) is 0 Å². The summed E-state index contributed by atoms with van der Waals surface area (Å²) in [4.78, 5) is 37.0. The average molecular weight is 377 g/mol. The third kappa shape index (κ3) is 6.90. The van der Waals surface area contributed by atoms with Crippen LogP contribution in [0, 0.1) is 0 Å². The number of hydrogen-bond acceptors (Lipinski definition) is 4. The van der Waals surface area contributed by atoms with Crippen LogP contribution in [0.15, 0.2) is 30.3 Å². The van der Waals surface area contributed by atoms with Crippen LogP contribution in [0.1, 0.15) is 31.2 Å². The van der Waals surface area contributed by atoms with Gasteiger partial charge in [0.05, 0.1) is 12.0 Å². The Hall–Kier alpha value is -2.61. The first-order chi connectivity index (χ1) is 12.9. The monoisotopic (exact) mass is 377 g/mol. The molecule has 3 amide bonds. The predicted octanol–water partition coefficient (Wildman–Crippen LogP) is 1.36. The Kier molecular flexibility index (Phi) is 7.60. The van der Waals surface area contributed by atoms with Crippen LogP contribution in [0.25, 0.3) is 0 Å². The minimum absolute atomic E-state index is 0.0904. The molecule has 0 atom stereocenters. The third-order valence-electron chi connectivity index (χ3n) is 4.58. The van der Waals surface area contributed by atoms with Gasteiger partial charge < -0.3 is 25.4 Å². The van der Waals surface area contributed by atoms with E-state index in [1.165, 1.54) is 4.90 Å². The summed E-state index contributed by atoms with van der Waals surface area (Å²) in [6, 6.07) is 9.35. The molecule has 0 aliphatic carbocycles. The lowest BCUT2D eigenvalue weighted by Gasteiger charge is -2.36. The first-order valence-corrected chi connectivity index (χ1v) is 9.04. The van der Waals surface area contributed by atoms with E-state index in [1.807, 2.05) is 30.3 Å². The molecule has 0 saturated carbocycles. The summed E-state index contributed by atoms with van der Waals surface area (Å²) in [5.41, 5.74) is 0.248. The number of urea groups is 1. The van der Waals surface area contributed by atoms with E-state index in [0.29, 0.717) is 32.6 Å². The van der Waals surface area contributed by atoms with Crippen LogP contribution < -0.4 is 10.6 Å². The van der Waals surface area contributed by atoms with Crippen LogP contribution in [-0.4, -0.2) is 60.3 Å². The molecule has 27 heavy (non-hydrogen) atoms. The molecule has 0 radical (unpaired) electrons. The van der Waals surface area contributed by atoms with Crippen LogP contribution in [0.5, 0.6) is 0 Å². The van der Waals surface area contributed by atoms with E-state index in [9.17, 15) is 14.4 Å². The maximum absolute atomic E-state index is 12.2. The van der Waals surface area contributed by atoms with Crippen molar-refractivity contribution in [2.24, 2.45) is 0 Å². The topological polar surface area (TPSA) is 108 Å². The van der Waals surface area contributed by atoms with E-state index in [1.54, 1.807) is 7.05 Å². The van der Waals surface area contributed by atoms with Gasteiger partial charge in [-0.25, -0.2) is 4.79 Å². The maximum Gasteiger partial charge on any atom is 0.317 e. The van der Waals surface area contributed by atoms with Crippen molar-refractivity contribution in [3.8, 4) is 0 Å². The van der Waals surface area contributed by atoms with Gasteiger partial charge in [0.15, 0.2) is 0 Å². The number of aliphatic carboxylic acids is 1. The number of carbonyl (C=O) groups excluding carboxylic acids is 2. The number of amides is 3. The highest BCUT2D eigenvalue weighted by molar-refractivity contribution is 5.79. The number of ether oxygens (including phenoxy) is 1. The Labute approximate surface area is 158 Å². The van der Waals surface area contributed by atoms with Crippen LogP contribution in [-0.2, 0) is 20.9 Å². The summed E-state index contributed by atoms with van der Waals surface area (Å²) in [6.07, 6.45) is 0.899. The lowest BCUT2D eigenvalue weighted by atomic mass is 9.86. The van der Waals surface area contributed by atoms with E-state index in [0.717, 1.165) is 5.56 Å². The second kappa shape index (κ2) is 9.91. The second-order valence-electron chi connectivity index (χ2n) is 6.83. The SMILES string of the molecule is CN(Cc1ccccc1)C(=O)NCCC(=O)NC1(CC(=O)O)CCOCC1. The van der Waals surface area contributed by atoms with Crippen molar-refractivity contribution in [2.45, 2.75) is 37.8 Å². The average Bonchev–Trinajstić information content (AvgIpc) is 2.62. The highest BCUT2D eigenvalue weighted by atomic mass is 16.5. The van der Waals surface area contributed by atoms with Crippen LogP contribution in [0.2, 0.25) is 0 Å². The Bertz CT molecular complexity index is 644. The predicted molar refractivity (Wildman–Crippen MR) is 99.1 cm³/mol. The van der Waals surface area contributed by atoms with E-state index >= 15 is 0 Å². The molecule has 0 aromatic heterocycles. The van der Waals surface area contributed by atoms with Crippen molar-refractivity contribution in [2.75, 3.05) is 26.8 Å². The van der Waals surface area contributed by atoms with Crippen LogP contribution >= 0.6 is 0 Å². The molecule has 1 aromatic rings. The van der Waals surface area contributed by atoms with Crippen molar-refractivity contribution in [1.82, 2.24) is 15.5 Å². The Morgan fingerprint density at radius 3 is 2.48 bits per heavy atom. The zero-order chi connectivity index (χ0) is 19.7. The van der Waals surface area contributed by atoms with E-state index < -0.39 is 11.5 Å². The fourth-order valence-electron chi connectivity index (χ4n) is 3.10. The van der Waals surface area contributed by atoms with Crippen LogP contribution in [0.3, 0.4) is 0 Å². The van der Waals surface area contributed by atoms with Crippen LogP contribution in [0.4, 0.5) is 4.79 Å². The molecule has 1 aliphatic rings. The van der Waals surface area contributed by atoms with Crippen molar-refractivity contribution >= 4 is 17.9 Å². The molecule has 1 heterocycles. The molecule has 1 saturated heterocycles. The summed E-state index contributed by atoms with van der Waals surface area (Å²) in [5, 5.41) is 14.7. The fraction of sp³-hybridized carbons (Fsp3) is 0.526. The molecule has 3 N–H and O–H groups in total. The Morgan fingerprint density at radius 2 is 1.85 bits per heavy atom. The smallest absolute Gasteiger partial charge is 0.317 e. The van der Waals surface area contributed by atoms with Gasteiger partial charge in [0.1, 0.15) is 0 Å². The first kappa shape index (κ1) is 20.7. The molecule has 2 rings (SSSR count). The zero-order valence-corrected chi connectivity index (χ0v) is 15.6. The van der Waals surface area contributed by atoms with Gasteiger partial charge in [-0.2, -0.15) is 0 Å². The molecule has 1 aromatic carbocycles. The van der Waals surface area contributed by atoms with Crippen molar-refractivity contribution in [1.29, 1.82) is 0 Å². The van der Waals surface area contributed by atoms with E-state index in [2.05, 4.69) is 10.6 Å². The molecule has 0 spiro atoms. The maximum atomic E-state index is 12.2. The molecule has 8 heteroatoms. The quantitative estimate of drug-likeness (QED) is 0.634. The van der Waals surface area contributed by atoms with E-state index in [4.69, 9.17) is 9.84 Å². The Morgan fingerprint density at radius 1 is 1.19 bits per heavy atom. The molecule has 1 aliphatic heterocycles. The van der Waals surface area contributed by atoms with Crippen molar-refractivity contribution in [3.05, 3.63) is 35.9 Å². The molecule has 8 nitrogen and oxygen atoms in total. The van der Waals surface area contributed by atoms with Gasteiger partial charge in [0, 0.05) is 39.8 Å². The molecular weight excluding hydrogens is 350 g/mol. The number of hydrogen-bond donors (Lipinski definition) is 3. The van der Waals surface area contributed by atoms with Crippen molar-refractivity contribution < 1.29 is 24.2 Å². The fourth-order valence-corrected chi connectivity index (χ4v) is 3.10.